The van der Waals surface area contributed by atoms with Crippen LogP contribution in [0.4, 0.5) is 0 Å². The molecule has 1 unspecified atom stereocenters. The molecular weight excluding hydrogens is 396 g/mol. The van der Waals surface area contributed by atoms with E-state index in [9.17, 15) is 14.4 Å². The lowest BCUT2D eigenvalue weighted by atomic mass is 10.0. The zero-order valence-electron chi connectivity index (χ0n) is 19.1. The van der Waals surface area contributed by atoms with Crippen molar-refractivity contribution >= 4 is 17.8 Å². The molecule has 1 atom stereocenters. The van der Waals surface area contributed by atoms with Gasteiger partial charge in [-0.2, -0.15) is 0 Å². The largest absolute Gasteiger partial charge is 0.462 e. The SMILES string of the molecule is CCOC(=O)c1c(C)nc(C)nc1C(=O)N1CCN(C(=O)CCC2CCCC2)C(C)C1. The van der Waals surface area contributed by atoms with Gasteiger partial charge in [-0.25, -0.2) is 14.8 Å². The van der Waals surface area contributed by atoms with Gasteiger partial charge in [0.05, 0.1) is 12.3 Å². The second-order valence-electron chi connectivity index (χ2n) is 8.68. The van der Waals surface area contributed by atoms with E-state index in [4.69, 9.17) is 4.74 Å². The van der Waals surface area contributed by atoms with Crippen molar-refractivity contribution in [3.05, 3.63) is 22.8 Å². The summed E-state index contributed by atoms with van der Waals surface area (Å²) in [5.74, 6) is 0.390. The molecule has 0 spiro atoms. The number of rotatable bonds is 6. The monoisotopic (exact) mass is 430 g/mol. The Bertz CT molecular complexity index is 835. The van der Waals surface area contributed by atoms with Crippen LogP contribution in [0, 0.1) is 19.8 Å². The van der Waals surface area contributed by atoms with Gasteiger partial charge in [0.1, 0.15) is 17.1 Å². The molecule has 170 valence electrons. The standard InChI is InChI=1S/C23H34N4O4/c1-5-31-23(30)20-16(3)24-17(4)25-21(20)22(29)26-12-13-27(15(2)14-26)19(28)11-10-18-8-6-7-9-18/h15,18H,5-14H2,1-4H3. The molecule has 2 amide bonds. The summed E-state index contributed by atoms with van der Waals surface area (Å²) in [5.41, 5.74) is 0.639. The van der Waals surface area contributed by atoms with E-state index >= 15 is 0 Å². The molecule has 2 fully saturated rings. The van der Waals surface area contributed by atoms with Gasteiger partial charge < -0.3 is 14.5 Å². The van der Waals surface area contributed by atoms with E-state index in [1.165, 1.54) is 25.7 Å². The summed E-state index contributed by atoms with van der Waals surface area (Å²) < 4.78 is 5.12. The second kappa shape index (κ2) is 10.2. The van der Waals surface area contributed by atoms with Crippen LogP contribution in [-0.4, -0.2) is 69.8 Å². The summed E-state index contributed by atoms with van der Waals surface area (Å²) in [4.78, 5) is 50.6. The van der Waals surface area contributed by atoms with Gasteiger partial charge in [-0.15, -0.1) is 0 Å². The van der Waals surface area contributed by atoms with Crippen molar-refractivity contribution in [2.45, 2.75) is 72.3 Å². The van der Waals surface area contributed by atoms with Crippen LogP contribution >= 0.6 is 0 Å². The lowest BCUT2D eigenvalue weighted by molar-refractivity contribution is -0.135. The Morgan fingerprint density at radius 2 is 1.81 bits per heavy atom. The van der Waals surface area contributed by atoms with E-state index in [1.807, 2.05) is 11.8 Å². The Morgan fingerprint density at radius 3 is 2.45 bits per heavy atom. The number of amides is 2. The number of ether oxygens (including phenoxy) is 1. The summed E-state index contributed by atoms with van der Waals surface area (Å²) in [6, 6.07) is -0.0798. The predicted molar refractivity (Wildman–Crippen MR) is 116 cm³/mol. The quantitative estimate of drug-likeness (QED) is 0.644. The van der Waals surface area contributed by atoms with Crippen molar-refractivity contribution in [2.24, 2.45) is 5.92 Å². The minimum Gasteiger partial charge on any atom is -0.462 e. The topological polar surface area (TPSA) is 92.7 Å². The summed E-state index contributed by atoms with van der Waals surface area (Å²) in [7, 11) is 0. The third-order valence-corrected chi connectivity index (χ3v) is 6.36. The van der Waals surface area contributed by atoms with Crippen molar-refractivity contribution in [3.63, 3.8) is 0 Å². The van der Waals surface area contributed by atoms with E-state index in [-0.39, 0.29) is 35.7 Å². The first kappa shape index (κ1) is 23.2. The fourth-order valence-corrected chi connectivity index (χ4v) is 4.75. The predicted octanol–water partition coefficient (Wildman–Crippen LogP) is 2.91. The number of hydrogen-bond donors (Lipinski definition) is 0. The molecule has 8 nitrogen and oxygen atoms in total. The summed E-state index contributed by atoms with van der Waals surface area (Å²) in [5, 5.41) is 0. The fourth-order valence-electron chi connectivity index (χ4n) is 4.75. The van der Waals surface area contributed by atoms with Gasteiger partial charge in [-0.3, -0.25) is 9.59 Å². The third kappa shape index (κ3) is 5.40. The second-order valence-corrected chi connectivity index (χ2v) is 8.68. The van der Waals surface area contributed by atoms with Gasteiger partial charge in [0, 0.05) is 32.1 Å². The number of piperazine rings is 1. The van der Waals surface area contributed by atoms with Gasteiger partial charge in [0.2, 0.25) is 5.91 Å². The van der Waals surface area contributed by atoms with E-state index in [0.29, 0.717) is 43.5 Å². The zero-order chi connectivity index (χ0) is 22.5. The number of aromatic nitrogens is 2. The Hall–Kier alpha value is -2.51. The van der Waals surface area contributed by atoms with Crippen LogP contribution in [0.2, 0.25) is 0 Å². The maximum absolute atomic E-state index is 13.3. The van der Waals surface area contributed by atoms with Crippen LogP contribution in [0.5, 0.6) is 0 Å². The summed E-state index contributed by atoms with van der Waals surface area (Å²) in [6.45, 7) is 8.60. The molecule has 31 heavy (non-hydrogen) atoms. The number of carbonyl (C=O) groups is 3. The molecule has 1 aromatic rings. The lowest BCUT2D eigenvalue weighted by Crippen LogP contribution is -2.55. The molecule has 1 saturated heterocycles. The molecule has 1 saturated carbocycles. The highest BCUT2D eigenvalue weighted by Crippen LogP contribution is 2.29. The van der Waals surface area contributed by atoms with E-state index < -0.39 is 5.97 Å². The van der Waals surface area contributed by atoms with Crippen LogP contribution in [0.1, 0.15) is 84.7 Å². The normalized spacial score (nSPS) is 19.5. The number of nitrogens with zero attached hydrogens (tertiary/aromatic N) is 4. The van der Waals surface area contributed by atoms with Crippen LogP contribution in [-0.2, 0) is 9.53 Å². The molecule has 0 aromatic carbocycles. The zero-order valence-corrected chi connectivity index (χ0v) is 19.1. The number of esters is 1. The first-order chi connectivity index (χ1) is 14.8. The minimum absolute atomic E-state index is 0.0798. The van der Waals surface area contributed by atoms with Crippen LogP contribution in [0.3, 0.4) is 0 Å². The van der Waals surface area contributed by atoms with Gasteiger partial charge >= 0.3 is 5.97 Å². The van der Waals surface area contributed by atoms with Crippen molar-refractivity contribution < 1.29 is 19.1 Å². The van der Waals surface area contributed by atoms with E-state index in [0.717, 1.165) is 6.42 Å². The van der Waals surface area contributed by atoms with E-state index in [1.54, 1.807) is 25.7 Å². The van der Waals surface area contributed by atoms with Crippen molar-refractivity contribution in [1.29, 1.82) is 0 Å². The van der Waals surface area contributed by atoms with Gasteiger partial charge in [-0.05, 0) is 40.0 Å². The van der Waals surface area contributed by atoms with Crippen molar-refractivity contribution in [2.75, 3.05) is 26.2 Å². The highest BCUT2D eigenvalue weighted by molar-refractivity contribution is 6.04. The van der Waals surface area contributed by atoms with Crippen LogP contribution in [0.15, 0.2) is 0 Å². The number of carbonyl (C=O) groups excluding carboxylic acids is 3. The number of hydrogen-bond acceptors (Lipinski definition) is 6. The molecule has 0 bridgehead atoms. The average Bonchev–Trinajstić information content (AvgIpc) is 3.24. The maximum Gasteiger partial charge on any atom is 0.342 e. The highest BCUT2D eigenvalue weighted by atomic mass is 16.5. The Kier molecular flexibility index (Phi) is 7.62. The van der Waals surface area contributed by atoms with Crippen LogP contribution < -0.4 is 0 Å². The third-order valence-electron chi connectivity index (χ3n) is 6.36. The Labute approximate surface area is 184 Å². The number of aryl methyl sites for hydroxylation is 2. The lowest BCUT2D eigenvalue weighted by Gasteiger charge is -2.40. The minimum atomic E-state index is -0.586. The summed E-state index contributed by atoms with van der Waals surface area (Å²) >= 11 is 0. The summed E-state index contributed by atoms with van der Waals surface area (Å²) in [6.07, 6.45) is 6.60. The first-order valence-electron chi connectivity index (χ1n) is 11.4. The average molecular weight is 431 g/mol. The van der Waals surface area contributed by atoms with Crippen LogP contribution in [0.25, 0.3) is 0 Å². The van der Waals surface area contributed by atoms with Gasteiger partial charge in [-0.1, -0.05) is 25.7 Å². The molecule has 1 aliphatic heterocycles. The fraction of sp³-hybridized carbons (Fsp3) is 0.696. The molecule has 2 aliphatic rings. The molecular formula is C23H34N4O4. The Morgan fingerprint density at radius 1 is 1.10 bits per heavy atom. The highest BCUT2D eigenvalue weighted by Gasteiger charge is 2.33. The molecule has 1 aliphatic carbocycles. The first-order valence-corrected chi connectivity index (χ1v) is 11.4. The smallest absolute Gasteiger partial charge is 0.342 e. The molecule has 2 heterocycles. The molecule has 0 radical (unpaired) electrons. The Balaban J connectivity index is 1.68. The molecule has 3 rings (SSSR count). The molecule has 8 heteroatoms. The van der Waals surface area contributed by atoms with Crippen molar-refractivity contribution in [3.8, 4) is 0 Å². The molecule has 1 aromatic heterocycles. The van der Waals surface area contributed by atoms with Gasteiger partial charge in [0.15, 0.2) is 0 Å². The van der Waals surface area contributed by atoms with Crippen molar-refractivity contribution in [1.82, 2.24) is 19.8 Å². The molecule has 0 N–H and O–H groups in total. The maximum atomic E-state index is 13.3. The van der Waals surface area contributed by atoms with Gasteiger partial charge in [0.25, 0.3) is 5.91 Å². The van der Waals surface area contributed by atoms with E-state index in [2.05, 4.69) is 9.97 Å².